The van der Waals surface area contributed by atoms with Gasteiger partial charge < -0.3 is 14.7 Å². The topological polar surface area (TPSA) is 49.8 Å². The number of carboxylic acid groups (broad SMARTS) is 1. The molecular formula is C13H17NO3. The molecule has 0 aromatic heterocycles. The van der Waals surface area contributed by atoms with Crippen molar-refractivity contribution >= 4 is 5.97 Å². The average molecular weight is 235 g/mol. The van der Waals surface area contributed by atoms with Crippen LogP contribution < -0.4 is 4.74 Å². The third kappa shape index (κ3) is 2.97. The van der Waals surface area contributed by atoms with Crippen LogP contribution in [0.3, 0.4) is 0 Å². The van der Waals surface area contributed by atoms with Crippen LogP contribution in [0.15, 0.2) is 24.3 Å². The molecule has 0 bridgehead atoms. The van der Waals surface area contributed by atoms with Crippen molar-refractivity contribution in [3.05, 3.63) is 29.8 Å². The molecular weight excluding hydrogens is 218 g/mol. The average Bonchev–Trinajstić information content (AvgIpc) is 2.72. The first-order valence-electron chi connectivity index (χ1n) is 5.83. The van der Waals surface area contributed by atoms with Crippen molar-refractivity contribution in [2.24, 2.45) is 0 Å². The van der Waals surface area contributed by atoms with Gasteiger partial charge in [-0.2, -0.15) is 0 Å². The van der Waals surface area contributed by atoms with Gasteiger partial charge in [-0.15, -0.1) is 0 Å². The number of aromatic carboxylic acids is 1. The summed E-state index contributed by atoms with van der Waals surface area (Å²) < 4.78 is 5.65. The number of ether oxygens (including phenoxy) is 1. The number of likely N-dealkylation sites (N-methyl/N-ethyl adjacent to an activating group) is 1. The Hall–Kier alpha value is -1.55. The van der Waals surface area contributed by atoms with E-state index in [0.29, 0.717) is 18.4 Å². The van der Waals surface area contributed by atoms with Crippen molar-refractivity contribution in [2.75, 3.05) is 20.2 Å². The van der Waals surface area contributed by atoms with Crippen LogP contribution in [0.4, 0.5) is 0 Å². The Labute approximate surface area is 101 Å². The molecule has 0 unspecified atom stereocenters. The molecule has 0 spiro atoms. The molecule has 0 aliphatic carbocycles. The fourth-order valence-corrected chi connectivity index (χ4v) is 2.10. The van der Waals surface area contributed by atoms with E-state index in [1.807, 2.05) is 0 Å². The minimum Gasteiger partial charge on any atom is -0.492 e. The predicted molar refractivity (Wildman–Crippen MR) is 64.5 cm³/mol. The highest BCUT2D eigenvalue weighted by Crippen LogP contribution is 2.18. The summed E-state index contributed by atoms with van der Waals surface area (Å²) in [7, 11) is 2.09. The minimum absolute atomic E-state index is 0.266. The fraction of sp³-hybridized carbons (Fsp3) is 0.462. The number of benzene rings is 1. The van der Waals surface area contributed by atoms with Crippen molar-refractivity contribution in [1.82, 2.24) is 4.90 Å². The molecule has 1 fully saturated rings. The molecule has 1 N–H and O–H groups in total. The fourth-order valence-electron chi connectivity index (χ4n) is 2.10. The summed E-state index contributed by atoms with van der Waals surface area (Å²) in [4.78, 5) is 13.1. The molecule has 0 saturated carbocycles. The zero-order valence-electron chi connectivity index (χ0n) is 9.93. The van der Waals surface area contributed by atoms with E-state index in [9.17, 15) is 4.79 Å². The zero-order valence-corrected chi connectivity index (χ0v) is 9.93. The first kappa shape index (κ1) is 11.9. The Kier molecular flexibility index (Phi) is 3.64. The van der Waals surface area contributed by atoms with Gasteiger partial charge in [0.2, 0.25) is 0 Å². The number of carboxylic acids is 1. The highest BCUT2D eigenvalue weighted by Gasteiger charge is 2.21. The smallest absolute Gasteiger partial charge is 0.335 e. The molecule has 4 heteroatoms. The Morgan fingerprint density at radius 2 is 2.41 bits per heavy atom. The van der Waals surface area contributed by atoms with Crippen LogP contribution in [0.25, 0.3) is 0 Å². The van der Waals surface area contributed by atoms with Crippen LogP contribution >= 0.6 is 0 Å². The van der Waals surface area contributed by atoms with Gasteiger partial charge in [0, 0.05) is 6.04 Å². The first-order chi connectivity index (χ1) is 8.16. The van der Waals surface area contributed by atoms with Gasteiger partial charge in [-0.1, -0.05) is 6.07 Å². The number of hydrogen-bond acceptors (Lipinski definition) is 3. The number of carbonyl (C=O) groups is 1. The molecule has 17 heavy (non-hydrogen) atoms. The van der Waals surface area contributed by atoms with Crippen molar-refractivity contribution in [1.29, 1.82) is 0 Å². The largest absolute Gasteiger partial charge is 0.492 e. The maximum atomic E-state index is 10.8. The van der Waals surface area contributed by atoms with Gasteiger partial charge >= 0.3 is 5.97 Å². The molecule has 0 radical (unpaired) electrons. The molecule has 92 valence electrons. The summed E-state index contributed by atoms with van der Waals surface area (Å²) in [6.45, 7) is 1.74. The van der Waals surface area contributed by atoms with Crippen LogP contribution in [0.1, 0.15) is 23.2 Å². The molecule has 0 amide bonds. The normalized spacial score (nSPS) is 20.4. The molecule has 1 aromatic carbocycles. The standard InChI is InChI=1S/C13H17NO3/c1-14-7-3-5-11(14)9-17-12-6-2-4-10(8-12)13(15)16/h2,4,6,8,11H,3,5,7,9H2,1H3,(H,15,16)/t11-/m0/s1. The van der Waals surface area contributed by atoms with Gasteiger partial charge in [0.05, 0.1) is 5.56 Å². The third-order valence-corrected chi connectivity index (χ3v) is 3.19. The van der Waals surface area contributed by atoms with E-state index in [2.05, 4.69) is 11.9 Å². The van der Waals surface area contributed by atoms with Crippen molar-refractivity contribution < 1.29 is 14.6 Å². The van der Waals surface area contributed by atoms with Gasteiger partial charge in [0.15, 0.2) is 0 Å². The van der Waals surface area contributed by atoms with Crippen molar-refractivity contribution in [3.63, 3.8) is 0 Å². The number of nitrogens with zero attached hydrogens (tertiary/aromatic N) is 1. The van der Waals surface area contributed by atoms with Crippen LogP contribution in [0, 0.1) is 0 Å². The summed E-state index contributed by atoms with van der Waals surface area (Å²) in [5.41, 5.74) is 0.266. The zero-order chi connectivity index (χ0) is 12.3. The van der Waals surface area contributed by atoms with Crippen LogP contribution in [0.2, 0.25) is 0 Å². The van der Waals surface area contributed by atoms with Crippen LogP contribution in [-0.2, 0) is 0 Å². The Balaban J connectivity index is 1.94. The van der Waals surface area contributed by atoms with E-state index in [4.69, 9.17) is 9.84 Å². The molecule has 1 heterocycles. The van der Waals surface area contributed by atoms with E-state index < -0.39 is 5.97 Å². The monoisotopic (exact) mass is 235 g/mol. The quantitative estimate of drug-likeness (QED) is 0.865. The minimum atomic E-state index is -0.923. The van der Waals surface area contributed by atoms with Gasteiger partial charge in [-0.3, -0.25) is 0 Å². The lowest BCUT2D eigenvalue weighted by molar-refractivity contribution is 0.0696. The lowest BCUT2D eigenvalue weighted by Gasteiger charge is -2.19. The molecule has 1 aliphatic heterocycles. The number of rotatable bonds is 4. The van der Waals surface area contributed by atoms with Gasteiger partial charge in [0.1, 0.15) is 12.4 Å². The maximum absolute atomic E-state index is 10.8. The van der Waals surface area contributed by atoms with E-state index in [1.165, 1.54) is 6.42 Å². The number of hydrogen-bond donors (Lipinski definition) is 1. The second-order valence-electron chi connectivity index (χ2n) is 4.42. The molecule has 1 aromatic rings. The maximum Gasteiger partial charge on any atom is 0.335 e. The Morgan fingerprint density at radius 1 is 1.59 bits per heavy atom. The third-order valence-electron chi connectivity index (χ3n) is 3.19. The molecule has 1 atom stereocenters. The summed E-state index contributed by atoms with van der Waals surface area (Å²) in [5.74, 6) is -0.293. The highest BCUT2D eigenvalue weighted by atomic mass is 16.5. The molecule has 4 nitrogen and oxygen atoms in total. The lowest BCUT2D eigenvalue weighted by atomic mass is 10.2. The van der Waals surface area contributed by atoms with Crippen molar-refractivity contribution in [3.8, 4) is 5.75 Å². The predicted octanol–water partition coefficient (Wildman–Crippen LogP) is 1.86. The van der Waals surface area contributed by atoms with Crippen molar-refractivity contribution in [2.45, 2.75) is 18.9 Å². The summed E-state index contributed by atoms with van der Waals surface area (Å²) >= 11 is 0. The van der Waals surface area contributed by atoms with Gasteiger partial charge in [0.25, 0.3) is 0 Å². The summed E-state index contributed by atoms with van der Waals surface area (Å²) in [5, 5.41) is 8.87. The highest BCUT2D eigenvalue weighted by molar-refractivity contribution is 5.87. The van der Waals surface area contributed by atoms with E-state index in [-0.39, 0.29) is 5.56 Å². The first-order valence-corrected chi connectivity index (χ1v) is 5.83. The second kappa shape index (κ2) is 5.19. The SMILES string of the molecule is CN1CCC[C@H]1COc1cccc(C(=O)O)c1. The van der Waals surface area contributed by atoms with E-state index >= 15 is 0 Å². The lowest BCUT2D eigenvalue weighted by Crippen LogP contribution is -2.30. The molecule has 2 rings (SSSR count). The summed E-state index contributed by atoms with van der Waals surface area (Å²) in [6, 6.07) is 7.08. The van der Waals surface area contributed by atoms with E-state index in [1.54, 1.807) is 24.3 Å². The Bertz CT molecular complexity index is 405. The van der Waals surface area contributed by atoms with Gasteiger partial charge in [-0.05, 0) is 44.6 Å². The number of likely N-dealkylation sites (tertiary alicyclic amines) is 1. The van der Waals surface area contributed by atoms with Crippen LogP contribution in [-0.4, -0.2) is 42.2 Å². The molecule has 1 saturated heterocycles. The summed E-state index contributed by atoms with van der Waals surface area (Å²) in [6.07, 6.45) is 2.36. The second-order valence-corrected chi connectivity index (χ2v) is 4.42. The van der Waals surface area contributed by atoms with Gasteiger partial charge in [-0.25, -0.2) is 4.79 Å². The Morgan fingerprint density at radius 3 is 3.06 bits per heavy atom. The van der Waals surface area contributed by atoms with Crippen LogP contribution in [0.5, 0.6) is 5.75 Å². The van der Waals surface area contributed by atoms with E-state index in [0.717, 1.165) is 13.0 Å². The molecule has 1 aliphatic rings.